The highest BCUT2D eigenvalue weighted by molar-refractivity contribution is 5.91. The number of Topliss-reactive ketones (excluding diaryl/α,β-unsaturated/α-hetero) is 1. The van der Waals surface area contributed by atoms with Gasteiger partial charge in [-0.15, -0.1) is 0 Å². The van der Waals surface area contributed by atoms with Crippen LogP contribution in [0, 0.1) is 11.8 Å². The van der Waals surface area contributed by atoms with Crippen LogP contribution in [0.3, 0.4) is 0 Å². The predicted octanol–water partition coefficient (Wildman–Crippen LogP) is 2.14. The molecule has 0 N–H and O–H groups in total. The number of esters is 1. The number of hydrogen-bond donors (Lipinski definition) is 0. The second kappa shape index (κ2) is 7.20. The maximum Gasteiger partial charge on any atom is 0.306 e. The summed E-state index contributed by atoms with van der Waals surface area (Å²) in [5.41, 5.74) is 0.914. The lowest BCUT2D eigenvalue weighted by molar-refractivity contribution is -0.146. The van der Waals surface area contributed by atoms with Crippen molar-refractivity contribution in [2.24, 2.45) is 11.8 Å². The number of carbonyl (C=O) groups is 3. The van der Waals surface area contributed by atoms with Crippen LogP contribution in [0.1, 0.15) is 31.2 Å². The van der Waals surface area contributed by atoms with Gasteiger partial charge in [0.2, 0.25) is 0 Å². The second-order valence-corrected chi connectivity index (χ2v) is 5.38. The van der Waals surface area contributed by atoms with Crippen LogP contribution in [0.25, 0.3) is 0 Å². The van der Waals surface area contributed by atoms with Gasteiger partial charge in [-0.2, -0.15) is 0 Å². The van der Waals surface area contributed by atoms with E-state index >= 15 is 0 Å². The van der Waals surface area contributed by atoms with Crippen LogP contribution in [-0.2, 0) is 19.1 Å². The van der Waals surface area contributed by atoms with Gasteiger partial charge in [0.1, 0.15) is 17.8 Å². The van der Waals surface area contributed by atoms with E-state index in [9.17, 15) is 14.4 Å². The van der Waals surface area contributed by atoms with Crippen molar-refractivity contribution in [3.05, 3.63) is 29.8 Å². The molecule has 1 fully saturated rings. The van der Waals surface area contributed by atoms with Crippen molar-refractivity contribution < 1.29 is 23.9 Å². The van der Waals surface area contributed by atoms with E-state index in [4.69, 9.17) is 9.47 Å². The summed E-state index contributed by atoms with van der Waals surface area (Å²) < 4.78 is 10.0. The van der Waals surface area contributed by atoms with Gasteiger partial charge in [-0.1, -0.05) is 12.1 Å². The van der Waals surface area contributed by atoms with Crippen LogP contribution in [0.2, 0.25) is 0 Å². The van der Waals surface area contributed by atoms with Crippen molar-refractivity contribution in [2.75, 3.05) is 13.7 Å². The third-order valence-electron chi connectivity index (χ3n) is 4.16. The van der Waals surface area contributed by atoms with E-state index in [1.165, 1.54) is 0 Å². The van der Waals surface area contributed by atoms with Gasteiger partial charge >= 0.3 is 5.97 Å². The Labute approximate surface area is 129 Å². The van der Waals surface area contributed by atoms with Gasteiger partial charge in [0.25, 0.3) is 0 Å². The van der Waals surface area contributed by atoms with Gasteiger partial charge in [-0.25, -0.2) is 0 Å². The van der Waals surface area contributed by atoms with E-state index in [-0.39, 0.29) is 31.1 Å². The molecule has 2 rings (SSSR count). The van der Waals surface area contributed by atoms with E-state index in [0.717, 1.165) is 17.6 Å². The van der Waals surface area contributed by atoms with Gasteiger partial charge < -0.3 is 14.3 Å². The quantitative estimate of drug-likeness (QED) is 0.595. The minimum Gasteiger partial charge on any atom is -0.497 e. The van der Waals surface area contributed by atoms with Gasteiger partial charge in [-0.05, 0) is 24.6 Å². The zero-order valence-electron chi connectivity index (χ0n) is 12.8. The van der Waals surface area contributed by atoms with Gasteiger partial charge in [0, 0.05) is 24.2 Å². The molecule has 5 nitrogen and oxygen atoms in total. The number of ether oxygens (including phenoxy) is 2. The molecule has 0 aliphatic heterocycles. The standard InChI is InChI=1S/C17H20O5/c1-3-22-17(20)9-14-15(10-18)13(8-16(14)19)11-4-6-12(21-2)7-5-11/h4-7,10,13-15H,3,8-9H2,1-2H3/t13-,14+,15-/m1/s1. The van der Waals surface area contributed by atoms with E-state index in [1.54, 1.807) is 26.2 Å². The van der Waals surface area contributed by atoms with E-state index in [1.807, 2.05) is 12.1 Å². The lowest BCUT2D eigenvalue weighted by Crippen LogP contribution is -2.23. The minimum atomic E-state index is -0.580. The largest absolute Gasteiger partial charge is 0.497 e. The molecule has 22 heavy (non-hydrogen) atoms. The average Bonchev–Trinajstić information content (AvgIpc) is 2.84. The van der Waals surface area contributed by atoms with Crippen molar-refractivity contribution in [1.29, 1.82) is 0 Å². The SMILES string of the molecule is CCOC(=O)C[C@@H]1C(=O)C[C@H](c2ccc(OC)cc2)[C@H]1C=O. The predicted molar refractivity (Wildman–Crippen MR) is 79.7 cm³/mol. The molecule has 0 radical (unpaired) electrons. The summed E-state index contributed by atoms with van der Waals surface area (Å²) in [6, 6.07) is 7.33. The molecule has 0 amide bonds. The summed E-state index contributed by atoms with van der Waals surface area (Å²) in [5, 5.41) is 0. The smallest absolute Gasteiger partial charge is 0.306 e. The van der Waals surface area contributed by atoms with Gasteiger partial charge in [0.05, 0.1) is 20.1 Å². The average molecular weight is 304 g/mol. The molecule has 118 valence electrons. The molecule has 0 unspecified atom stereocenters. The number of hydrogen-bond acceptors (Lipinski definition) is 5. The first-order valence-corrected chi connectivity index (χ1v) is 7.38. The molecule has 1 aliphatic carbocycles. The number of methoxy groups -OCH3 is 1. The maximum atomic E-state index is 12.2. The number of rotatable bonds is 6. The number of benzene rings is 1. The third kappa shape index (κ3) is 3.35. The van der Waals surface area contributed by atoms with Crippen molar-refractivity contribution in [3.8, 4) is 5.75 Å². The van der Waals surface area contributed by atoms with Gasteiger partial charge in [0.15, 0.2) is 0 Å². The highest BCUT2D eigenvalue weighted by Gasteiger charge is 2.44. The number of aldehydes is 1. The zero-order valence-corrected chi connectivity index (χ0v) is 12.8. The molecule has 3 atom stereocenters. The molecular weight excluding hydrogens is 284 g/mol. The lowest BCUT2D eigenvalue weighted by Gasteiger charge is -2.18. The molecule has 5 heteroatoms. The van der Waals surface area contributed by atoms with Crippen LogP contribution in [-0.4, -0.2) is 31.8 Å². The Morgan fingerprint density at radius 2 is 2.00 bits per heavy atom. The highest BCUT2D eigenvalue weighted by atomic mass is 16.5. The molecule has 1 aromatic carbocycles. The van der Waals surface area contributed by atoms with E-state index in [2.05, 4.69) is 0 Å². The molecule has 0 saturated heterocycles. The molecule has 1 aromatic rings. The van der Waals surface area contributed by atoms with Crippen LogP contribution in [0.4, 0.5) is 0 Å². The summed E-state index contributed by atoms with van der Waals surface area (Å²) in [4.78, 5) is 35.3. The van der Waals surface area contributed by atoms with Crippen molar-refractivity contribution in [1.82, 2.24) is 0 Å². The lowest BCUT2D eigenvalue weighted by atomic mass is 9.84. The molecule has 0 heterocycles. The third-order valence-corrected chi connectivity index (χ3v) is 4.16. The summed E-state index contributed by atoms with van der Waals surface area (Å²) in [7, 11) is 1.58. The summed E-state index contributed by atoms with van der Waals surface area (Å²) in [6.07, 6.45) is 1.05. The topological polar surface area (TPSA) is 69.7 Å². The summed E-state index contributed by atoms with van der Waals surface area (Å²) in [6.45, 7) is 1.99. The first kappa shape index (κ1) is 16.2. The molecular formula is C17H20O5. The van der Waals surface area contributed by atoms with Gasteiger partial charge in [-0.3, -0.25) is 9.59 Å². The Morgan fingerprint density at radius 3 is 2.55 bits per heavy atom. The Kier molecular flexibility index (Phi) is 5.31. The molecule has 1 saturated carbocycles. The molecule has 0 bridgehead atoms. The fraction of sp³-hybridized carbons (Fsp3) is 0.471. The van der Waals surface area contributed by atoms with E-state index in [0.29, 0.717) is 0 Å². The van der Waals surface area contributed by atoms with Crippen LogP contribution >= 0.6 is 0 Å². The normalized spacial score (nSPS) is 24.1. The molecule has 1 aliphatic rings. The van der Waals surface area contributed by atoms with Crippen LogP contribution < -0.4 is 4.74 Å². The van der Waals surface area contributed by atoms with Crippen LogP contribution in [0.15, 0.2) is 24.3 Å². The fourth-order valence-corrected chi connectivity index (χ4v) is 3.03. The van der Waals surface area contributed by atoms with Crippen LogP contribution in [0.5, 0.6) is 5.75 Å². The summed E-state index contributed by atoms with van der Waals surface area (Å²) >= 11 is 0. The molecule has 0 aromatic heterocycles. The number of carbonyl (C=O) groups excluding carboxylic acids is 3. The second-order valence-electron chi connectivity index (χ2n) is 5.38. The maximum absolute atomic E-state index is 12.2. The monoisotopic (exact) mass is 304 g/mol. The fourth-order valence-electron chi connectivity index (χ4n) is 3.03. The minimum absolute atomic E-state index is 0.0251. The Balaban J connectivity index is 2.17. The van der Waals surface area contributed by atoms with Crippen molar-refractivity contribution >= 4 is 18.0 Å². The van der Waals surface area contributed by atoms with Crippen molar-refractivity contribution in [3.63, 3.8) is 0 Å². The Bertz CT molecular complexity index is 549. The summed E-state index contributed by atoms with van der Waals surface area (Å²) in [5.74, 6) is -1.00. The number of ketones is 1. The Morgan fingerprint density at radius 1 is 1.32 bits per heavy atom. The van der Waals surface area contributed by atoms with E-state index < -0.39 is 17.8 Å². The highest BCUT2D eigenvalue weighted by Crippen LogP contribution is 2.42. The zero-order chi connectivity index (χ0) is 16.1. The first-order valence-electron chi connectivity index (χ1n) is 7.38. The van der Waals surface area contributed by atoms with Crippen molar-refractivity contribution in [2.45, 2.75) is 25.7 Å². The Hall–Kier alpha value is -2.17. The molecule has 0 spiro atoms. The first-order chi connectivity index (χ1) is 10.6.